The van der Waals surface area contributed by atoms with E-state index in [1.807, 2.05) is 19.2 Å². The van der Waals surface area contributed by atoms with E-state index in [2.05, 4.69) is 11.9 Å². The van der Waals surface area contributed by atoms with Gasteiger partial charge in [0.1, 0.15) is 5.82 Å². The summed E-state index contributed by atoms with van der Waals surface area (Å²) in [5.41, 5.74) is 7.10. The molecule has 1 aromatic carbocycles. The average Bonchev–Trinajstić information content (AvgIpc) is 2.29. The zero-order chi connectivity index (χ0) is 12.0. The second-order valence-corrected chi connectivity index (χ2v) is 3.51. The summed E-state index contributed by atoms with van der Waals surface area (Å²) < 4.78 is 13.3. The highest BCUT2D eigenvalue weighted by molar-refractivity contribution is 5.74. The topological polar surface area (TPSA) is 38.4 Å². The van der Waals surface area contributed by atoms with Crippen LogP contribution >= 0.6 is 0 Å². The summed E-state index contributed by atoms with van der Waals surface area (Å²) in [5.74, 6) is -0.400. The first-order chi connectivity index (χ1) is 7.69. The number of halogens is 1. The van der Waals surface area contributed by atoms with E-state index in [4.69, 9.17) is 5.73 Å². The van der Waals surface area contributed by atoms with Crippen molar-refractivity contribution >= 4 is 17.6 Å². The first-order valence-corrected chi connectivity index (χ1v) is 5.43. The van der Waals surface area contributed by atoms with Gasteiger partial charge in [0.05, 0.1) is 11.4 Å². The third-order valence-electron chi connectivity index (χ3n) is 2.22. The van der Waals surface area contributed by atoms with E-state index in [1.165, 1.54) is 6.07 Å². The SMILES string of the molecule is C/C=C(\N=CCCC)c1ccc(N)c(F)c1. The van der Waals surface area contributed by atoms with Crippen LogP contribution in [0.25, 0.3) is 5.70 Å². The molecule has 0 fully saturated rings. The zero-order valence-corrected chi connectivity index (χ0v) is 9.70. The van der Waals surface area contributed by atoms with Crippen molar-refractivity contribution in [2.24, 2.45) is 4.99 Å². The quantitative estimate of drug-likeness (QED) is 0.610. The molecule has 86 valence electrons. The van der Waals surface area contributed by atoms with Crippen LogP contribution < -0.4 is 5.73 Å². The number of unbranched alkanes of at least 4 members (excludes halogenated alkanes) is 1. The van der Waals surface area contributed by atoms with E-state index < -0.39 is 5.82 Å². The molecule has 0 aliphatic carbocycles. The van der Waals surface area contributed by atoms with E-state index in [-0.39, 0.29) is 5.69 Å². The Morgan fingerprint density at radius 1 is 1.50 bits per heavy atom. The molecule has 0 saturated heterocycles. The van der Waals surface area contributed by atoms with Crippen molar-refractivity contribution in [3.8, 4) is 0 Å². The Morgan fingerprint density at radius 2 is 2.25 bits per heavy atom. The van der Waals surface area contributed by atoms with Crippen LogP contribution in [0.4, 0.5) is 10.1 Å². The van der Waals surface area contributed by atoms with E-state index in [0.717, 1.165) is 24.1 Å². The van der Waals surface area contributed by atoms with Crippen molar-refractivity contribution in [1.82, 2.24) is 0 Å². The minimum Gasteiger partial charge on any atom is -0.396 e. The molecule has 0 atom stereocenters. The second-order valence-electron chi connectivity index (χ2n) is 3.51. The van der Waals surface area contributed by atoms with Gasteiger partial charge in [0.25, 0.3) is 0 Å². The van der Waals surface area contributed by atoms with E-state index in [0.29, 0.717) is 0 Å². The highest BCUT2D eigenvalue weighted by Crippen LogP contribution is 2.20. The van der Waals surface area contributed by atoms with Crippen molar-refractivity contribution < 1.29 is 4.39 Å². The van der Waals surface area contributed by atoms with Gasteiger partial charge in [0.15, 0.2) is 0 Å². The van der Waals surface area contributed by atoms with Crippen molar-refractivity contribution in [3.63, 3.8) is 0 Å². The number of hydrogen-bond acceptors (Lipinski definition) is 2. The maximum atomic E-state index is 13.3. The van der Waals surface area contributed by atoms with Gasteiger partial charge < -0.3 is 5.73 Å². The average molecular weight is 220 g/mol. The normalized spacial score (nSPS) is 12.3. The molecule has 0 amide bonds. The predicted octanol–water partition coefficient (Wildman–Crippen LogP) is 3.64. The number of nitrogen functional groups attached to an aromatic ring is 1. The van der Waals surface area contributed by atoms with Crippen molar-refractivity contribution in [1.29, 1.82) is 0 Å². The first-order valence-electron chi connectivity index (χ1n) is 5.43. The summed E-state index contributed by atoms with van der Waals surface area (Å²) in [6.45, 7) is 3.97. The van der Waals surface area contributed by atoms with Crippen LogP contribution in [0.2, 0.25) is 0 Å². The fourth-order valence-corrected chi connectivity index (χ4v) is 1.29. The number of rotatable bonds is 4. The van der Waals surface area contributed by atoms with Gasteiger partial charge in [0, 0.05) is 11.8 Å². The molecule has 16 heavy (non-hydrogen) atoms. The Labute approximate surface area is 95.7 Å². The molecule has 0 aliphatic heterocycles. The zero-order valence-electron chi connectivity index (χ0n) is 9.70. The molecule has 0 bridgehead atoms. The van der Waals surface area contributed by atoms with Crippen LogP contribution in [0.5, 0.6) is 0 Å². The van der Waals surface area contributed by atoms with Crippen molar-refractivity contribution in [2.45, 2.75) is 26.7 Å². The minimum absolute atomic E-state index is 0.164. The summed E-state index contributed by atoms with van der Waals surface area (Å²) in [4.78, 5) is 4.30. The molecule has 0 saturated carbocycles. The third kappa shape index (κ3) is 3.19. The number of aliphatic imine (C=N–C) groups is 1. The Bertz CT molecular complexity index is 408. The fraction of sp³-hybridized carbons (Fsp3) is 0.308. The lowest BCUT2D eigenvalue weighted by molar-refractivity contribution is 0.632. The largest absolute Gasteiger partial charge is 0.396 e. The summed E-state index contributed by atoms with van der Waals surface area (Å²) in [7, 11) is 0. The van der Waals surface area contributed by atoms with Crippen molar-refractivity contribution in [3.05, 3.63) is 35.7 Å². The molecule has 2 nitrogen and oxygen atoms in total. The predicted molar refractivity (Wildman–Crippen MR) is 67.9 cm³/mol. The lowest BCUT2D eigenvalue weighted by Crippen LogP contribution is -1.92. The molecular weight excluding hydrogens is 203 g/mol. The molecule has 0 spiro atoms. The van der Waals surface area contributed by atoms with Gasteiger partial charge in [-0.05, 0) is 25.5 Å². The minimum atomic E-state index is -0.400. The molecule has 1 rings (SSSR count). The highest BCUT2D eigenvalue weighted by Gasteiger charge is 2.02. The maximum absolute atomic E-state index is 13.3. The number of allylic oxidation sites excluding steroid dienone is 1. The molecule has 3 heteroatoms. The van der Waals surface area contributed by atoms with Crippen LogP contribution in [0.15, 0.2) is 29.3 Å². The number of benzene rings is 1. The van der Waals surface area contributed by atoms with Crippen LogP contribution in [0, 0.1) is 5.82 Å². The molecule has 0 unspecified atom stereocenters. The van der Waals surface area contributed by atoms with E-state index in [1.54, 1.807) is 12.1 Å². The molecule has 0 radical (unpaired) electrons. The number of hydrogen-bond donors (Lipinski definition) is 1. The molecule has 1 aromatic rings. The van der Waals surface area contributed by atoms with E-state index >= 15 is 0 Å². The molecular formula is C13H17FN2. The van der Waals surface area contributed by atoms with Gasteiger partial charge in [0.2, 0.25) is 0 Å². The maximum Gasteiger partial charge on any atom is 0.146 e. The Kier molecular flexibility index (Phi) is 4.70. The van der Waals surface area contributed by atoms with Gasteiger partial charge >= 0.3 is 0 Å². The standard InChI is InChI=1S/C13H17FN2/c1-3-5-8-16-13(4-2)10-6-7-12(15)11(14)9-10/h4,6-9H,3,5,15H2,1-2H3/b13-4-,16-8?. The van der Waals surface area contributed by atoms with E-state index in [9.17, 15) is 4.39 Å². The fourth-order valence-electron chi connectivity index (χ4n) is 1.29. The second kappa shape index (κ2) is 6.05. The van der Waals surface area contributed by atoms with Crippen LogP contribution in [0.3, 0.4) is 0 Å². The molecule has 2 N–H and O–H groups in total. The smallest absolute Gasteiger partial charge is 0.146 e. The Balaban J connectivity index is 2.92. The Hall–Kier alpha value is -1.64. The lowest BCUT2D eigenvalue weighted by atomic mass is 10.1. The first kappa shape index (κ1) is 12.4. The Morgan fingerprint density at radius 3 is 2.81 bits per heavy atom. The van der Waals surface area contributed by atoms with Crippen molar-refractivity contribution in [2.75, 3.05) is 5.73 Å². The molecule has 0 aromatic heterocycles. The van der Waals surface area contributed by atoms with Crippen LogP contribution in [-0.2, 0) is 0 Å². The highest BCUT2D eigenvalue weighted by atomic mass is 19.1. The van der Waals surface area contributed by atoms with Gasteiger partial charge in [-0.3, -0.25) is 4.99 Å². The van der Waals surface area contributed by atoms with Gasteiger partial charge in [-0.2, -0.15) is 0 Å². The number of nitrogens with two attached hydrogens (primary N) is 1. The summed E-state index contributed by atoms with van der Waals surface area (Å²) in [6.07, 6.45) is 5.69. The summed E-state index contributed by atoms with van der Waals surface area (Å²) in [5, 5.41) is 0. The third-order valence-corrected chi connectivity index (χ3v) is 2.22. The summed E-state index contributed by atoms with van der Waals surface area (Å²) in [6, 6.07) is 4.74. The van der Waals surface area contributed by atoms with Crippen LogP contribution in [-0.4, -0.2) is 6.21 Å². The number of anilines is 1. The van der Waals surface area contributed by atoms with Crippen LogP contribution in [0.1, 0.15) is 32.3 Å². The monoisotopic (exact) mass is 220 g/mol. The van der Waals surface area contributed by atoms with Gasteiger partial charge in [-0.1, -0.05) is 25.5 Å². The van der Waals surface area contributed by atoms with Gasteiger partial charge in [-0.15, -0.1) is 0 Å². The molecule has 0 heterocycles. The van der Waals surface area contributed by atoms with Gasteiger partial charge in [-0.25, -0.2) is 4.39 Å². The molecule has 0 aliphatic rings. The number of nitrogens with zero attached hydrogens (tertiary/aromatic N) is 1. The summed E-state index contributed by atoms with van der Waals surface area (Å²) >= 11 is 0. The lowest BCUT2D eigenvalue weighted by Gasteiger charge is -2.03.